The maximum atomic E-state index is 12.6. The number of hydrogen-bond acceptors (Lipinski definition) is 4. The van der Waals surface area contributed by atoms with E-state index < -0.39 is 6.98 Å². The van der Waals surface area contributed by atoms with Crippen LogP contribution in [0.5, 0.6) is 0 Å². The molecule has 1 saturated heterocycles. The first-order chi connectivity index (χ1) is 13.8. The van der Waals surface area contributed by atoms with Gasteiger partial charge in [0.25, 0.3) is 0 Å². The van der Waals surface area contributed by atoms with Gasteiger partial charge in [0.05, 0.1) is 12.2 Å². The van der Waals surface area contributed by atoms with Gasteiger partial charge in [0.1, 0.15) is 5.82 Å². The molecular formula is C20H23N5O. The summed E-state index contributed by atoms with van der Waals surface area (Å²) >= 11 is 0. The Hall–Kier alpha value is -2.73. The third kappa shape index (κ3) is 3.32. The average Bonchev–Trinajstić information content (AvgIpc) is 3.38. The first-order valence-electron chi connectivity index (χ1n) is 10.3. The smallest absolute Gasteiger partial charge is 0.242 e. The van der Waals surface area contributed by atoms with E-state index in [0.29, 0.717) is 11.4 Å². The quantitative estimate of drug-likeness (QED) is 0.784. The van der Waals surface area contributed by atoms with Gasteiger partial charge in [0, 0.05) is 34.4 Å². The van der Waals surface area contributed by atoms with Crippen LogP contribution in [-0.4, -0.2) is 44.7 Å². The lowest BCUT2D eigenvalue weighted by atomic mass is 10.1. The van der Waals surface area contributed by atoms with Crippen LogP contribution in [0.3, 0.4) is 0 Å². The lowest BCUT2D eigenvalue weighted by molar-refractivity contribution is -0.120. The number of aryl methyl sites for hydroxylation is 1. The Bertz CT molecular complexity index is 1040. The van der Waals surface area contributed by atoms with Crippen LogP contribution >= 0.6 is 0 Å². The van der Waals surface area contributed by atoms with Crippen molar-refractivity contribution in [1.82, 2.24) is 19.7 Å². The number of likely N-dealkylation sites (tertiary alicyclic amines) is 1. The van der Waals surface area contributed by atoms with Gasteiger partial charge in [-0.25, -0.2) is 4.98 Å². The minimum absolute atomic E-state index is 0.0612. The maximum absolute atomic E-state index is 12.6. The molecule has 1 aliphatic rings. The van der Waals surface area contributed by atoms with Crippen LogP contribution < -0.4 is 5.32 Å². The molecule has 1 N–H and O–H groups in total. The molecule has 134 valence electrons. The van der Waals surface area contributed by atoms with E-state index in [1.54, 1.807) is 6.20 Å². The Kier molecular flexibility index (Phi) is 3.56. The summed E-state index contributed by atoms with van der Waals surface area (Å²) in [4.78, 5) is 19.1. The normalized spacial score (nSPS) is 18.3. The average molecular weight is 352 g/mol. The van der Waals surface area contributed by atoms with E-state index in [-0.39, 0.29) is 11.9 Å². The molecule has 1 aromatic carbocycles. The zero-order chi connectivity index (χ0) is 20.6. The van der Waals surface area contributed by atoms with E-state index >= 15 is 0 Å². The van der Waals surface area contributed by atoms with Gasteiger partial charge in [-0.15, -0.1) is 0 Å². The van der Waals surface area contributed by atoms with Crippen LogP contribution in [0.25, 0.3) is 21.9 Å². The molecule has 0 radical (unpaired) electrons. The van der Waals surface area contributed by atoms with Gasteiger partial charge in [-0.1, -0.05) is 12.1 Å². The number of aromatic nitrogens is 3. The molecule has 26 heavy (non-hydrogen) atoms. The molecule has 3 heterocycles. The van der Waals surface area contributed by atoms with Crippen molar-refractivity contribution in [3.8, 4) is 11.1 Å². The molecule has 1 unspecified atom stereocenters. The second kappa shape index (κ2) is 6.88. The SMILES string of the molecule is [2H]C([2H])([2H])n1cc(-c2ccc3cnc(NC(=O)C(C)N4CCCC4)cc3c2)cn1. The van der Waals surface area contributed by atoms with E-state index in [4.69, 9.17) is 4.11 Å². The Labute approximate surface area is 157 Å². The van der Waals surface area contributed by atoms with Crippen LogP contribution in [0.1, 0.15) is 23.9 Å². The number of benzene rings is 1. The van der Waals surface area contributed by atoms with Gasteiger partial charge >= 0.3 is 0 Å². The third-order valence-electron chi connectivity index (χ3n) is 4.96. The molecule has 4 rings (SSSR count). The van der Waals surface area contributed by atoms with E-state index in [9.17, 15) is 4.79 Å². The molecule has 1 atom stereocenters. The fourth-order valence-corrected chi connectivity index (χ4v) is 3.39. The van der Waals surface area contributed by atoms with Gasteiger partial charge in [0.2, 0.25) is 5.91 Å². The minimum atomic E-state index is -2.30. The molecule has 0 bridgehead atoms. The number of rotatable bonds is 4. The lowest BCUT2D eigenvalue weighted by Crippen LogP contribution is -2.40. The van der Waals surface area contributed by atoms with Crippen LogP contribution in [0.4, 0.5) is 5.82 Å². The molecular weight excluding hydrogens is 326 g/mol. The monoisotopic (exact) mass is 352 g/mol. The van der Waals surface area contributed by atoms with E-state index in [2.05, 4.69) is 20.3 Å². The van der Waals surface area contributed by atoms with Crippen molar-refractivity contribution in [2.45, 2.75) is 25.8 Å². The number of pyridine rings is 1. The Morgan fingerprint density at radius 1 is 1.19 bits per heavy atom. The minimum Gasteiger partial charge on any atom is -0.309 e. The largest absolute Gasteiger partial charge is 0.309 e. The van der Waals surface area contributed by atoms with Crippen molar-refractivity contribution in [3.63, 3.8) is 0 Å². The van der Waals surface area contributed by atoms with Gasteiger partial charge in [-0.2, -0.15) is 5.10 Å². The third-order valence-corrected chi connectivity index (χ3v) is 4.96. The van der Waals surface area contributed by atoms with Crippen molar-refractivity contribution in [3.05, 3.63) is 42.9 Å². The number of nitrogens with zero attached hydrogens (tertiary/aromatic N) is 4. The van der Waals surface area contributed by atoms with Crippen molar-refractivity contribution in [2.24, 2.45) is 6.98 Å². The highest BCUT2D eigenvalue weighted by Crippen LogP contribution is 2.25. The van der Waals surface area contributed by atoms with Gasteiger partial charge in [-0.3, -0.25) is 14.4 Å². The number of carbonyl (C=O) groups excluding carboxylic acids is 1. The maximum Gasteiger partial charge on any atom is 0.242 e. The predicted octanol–water partition coefficient (Wildman–Crippen LogP) is 3.06. The summed E-state index contributed by atoms with van der Waals surface area (Å²) in [6.07, 6.45) is 7.03. The van der Waals surface area contributed by atoms with Gasteiger partial charge in [0.15, 0.2) is 0 Å². The number of fused-ring (bicyclic) bond motifs is 1. The van der Waals surface area contributed by atoms with Crippen molar-refractivity contribution in [1.29, 1.82) is 0 Å². The second-order valence-electron chi connectivity index (χ2n) is 6.71. The zero-order valence-corrected chi connectivity index (χ0v) is 14.6. The summed E-state index contributed by atoms with van der Waals surface area (Å²) in [5.74, 6) is 0.442. The van der Waals surface area contributed by atoms with E-state index in [0.717, 1.165) is 46.9 Å². The highest BCUT2D eigenvalue weighted by atomic mass is 16.2. The molecule has 0 saturated carbocycles. The fraction of sp³-hybridized carbons (Fsp3) is 0.350. The van der Waals surface area contributed by atoms with Crippen LogP contribution in [0.2, 0.25) is 0 Å². The highest BCUT2D eigenvalue weighted by molar-refractivity contribution is 5.96. The number of anilines is 1. The summed E-state index contributed by atoms with van der Waals surface area (Å²) in [6.45, 7) is 1.52. The predicted molar refractivity (Wildman–Crippen MR) is 103 cm³/mol. The number of amides is 1. The molecule has 0 spiro atoms. The lowest BCUT2D eigenvalue weighted by Gasteiger charge is -2.22. The molecule has 1 amide bonds. The summed E-state index contributed by atoms with van der Waals surface area (Å²) in [6, 6.07) is 7.41. The number of hydrogen-bond donors (Lipinski definition) is 1. The highest BCUT2D eigenvalue weighted by Gasteiger charge is 2.24. The van der Waals surface area contributed by atoms with Crippen LogP contribution in [-0.2, 0) is 11.8 Å². The van der Waals surface area contributed by atoms with E-state index in [1.165, 1.54) is 12.4 Å². The van der Waals surface area contributed by atoms with Crippen molar-refractivity contribution >= 4 is 22.5 Å². The molecule has 6 heteroatoms. The Morgan fingerprint density at radius 2 is 2.04 bits per heavy atom. The molecule has 0 aliphatic carbocycles. The molecule has 1 aliphatic heterocycles. The molecule has 3 aromatic rings. The summed E-state index contributed by atoms with van der Waals surface area (Å²) in [7, 11) is 0. The number of carbonyl (C=O) groups is 1. The summed E-state index contributed by atoms with van der Waals surface area (Å²) in [5, 5.41) is 8.69. The second-order valence-corrected chi connectivity index (χ2v) is 6.71. The standard InChI is InChI=1S/C20H23N5O/c1-14(25-7-3-4-8-25)20(26)23-19-10-17-9-15(5-6-16(17)11-21-19)18-12-22-24(2)13-18/h5-6,9-14H,3-4,7-8H2,1-2H3,(H,21,23,26)/i2D3. The zero-order valence-electron chi connectivity index (χ0n) is 17.6. The Morgan fingerprint density at radius 3 is 2.81 bits per heavy atom. The molecule has 6 nitrogen and oxygen atoms in total. The van der Waals surface area contributed by atoms with Crippen LogP contribution in [0, 0.1) is 0 Å². The number of nitrogens with one attached hydrogen (secondary N) is 1. The first-order valence-corrected chi connectivity index (χ1v) is 8.81. The Balaban J connectivity index is 1.56. The molecule has 2 aromatic heterocycles. The summed E-state index contributed by atoms with van der Waals surface area (Å²) in [5.41, 5.74) is 1.56. The van der Waals surface area contributed by atoms with E-state index in [1.807, 2.05) is 31.2 Å². The molecule has 1 fully saturated rings. The first kappa shape index (κ1) is 13.5. The topological polar surface area (TPSA) is 63.1 Å². The summed E-state index contributed by atoms with van der Waals surface area (Å²) < 4.78 is 23.3. The van der Waals surface area contributed by atoms with Crippen molar-refractivity contribution in [2.75, 3.05) is 18.4 Å². The fourth-order valence-electron chi connectivity index (χ4n) is 3.39. The van der Waals surface area contributed by atoms with Crippen LogP contribution in [0.15, 0.2) is 42.9 Å². The van der Waals surface area contributed by atoms with Gasteiger partial charge < -0.3 is 5.32 Å². The van der Waals surface area contributed by atoms with Gasteiger partial charge in [-0.05, 0) is 55.9 Å². The van der Waals surface area contributed by atoms with Crippen molar-refractivity contribution < 1.29 is 8.91 Å².